The number of hydrogen-bond acceptors (Lipinski definition) is 4. The highest BCUT2D eigenvalue weighted by Gasteiger charge is 2.24. The van der Waals surface area contributed by atoms with E-state index in [1.54, 1.807) is 9.47 Å². The molecule has 1 fully saturated rings. The number of rotatable bonds is 2. The number of fused-ring (bicyclic) bond motifs is 1. The number of nitrogens with zero attached hydrogens (tertiary/aromatic N) is 3. The van der Waals surface area contributed by atoms with Crippen molar-refractivity contribution in [3.8, 4) is 0 Å². The van der Waals surface area contributed by atoms with Crippen LogP contribution < -0.4 is 5.32 Å². The summed E-state index contributed by atoms with van der Waals surface area (Å²) in [7, 11) is 0. The number of amidine groups is 1. The van der Waals surface area contributed by atoms with Crippen LogP contribution in [0.1, 0.15) is 11.1 Å². The molecule has 1 aromatic rings. The van der Waals surface area contributed by atoms with Gasteiger partial charge < -0.3 is 19.5 Å². The number of aliphatic imine (C=N–C) groups is 1. The van der Waals surface area contributed by atoms with Gasteiger partial charge in [0.25, 0.3) is 0 Å². The number of amides is 1. The number of aromatic nitrogens is 1. The molecular formula is C12H14Cl2N4O2. The second-order valence-electron chi connectivity index (χ2n) is 4.62. The summed E-state index contributed by atoms with van der Waals surface area (Å²) in [6.07, 6.45) is 1.82. The lowest BCUT2D eigenvalue weighted by atomic mass is 10.3. The topological polar surface area (TPSA) is 58.9 Å². The van der Waals surface area contributed by atoms with Crippen LogP contribution in [-0.2, 0) is 16.1 Å². The number of hydrogen-bond donors (Lipinski definition) is 1. The van der Waals surface area contributed by atoms with Gasteiger partial charge in [-0.05, 0) is 17.7 Å². The van der Waals surface area contributed by atoms with Crippen LogP contribution in [0, 0.1) is 0 Å². The molecule has 2 aliphatic heterocycles. The summed E-state index contributed by atoms with van der Waals surface area (Å²) in [5.41, 5.74) is 0.310. The first kappa shape index (κ1) is 13.7. The fraction of sp³-hybridized carbons (Fsp3) is 0.500. The first-order chi connectivity index (χ1) is 9.65. The first-order valence-electron chi connectivity index (χ1n) is 6.34. The molecule has 1 atom stereocenters. The summed E-state index contributed by atoms with van der Waals surface area (Å²) in [5.74, 6) is 0.782. The summed E-state index contributed by atoms with van der Waals surface area (Å²) in [6, 6.07) is 1.85. The minimum absolute atomic E-state index is 0.0539. The molecule has 3 heterocycles. The zero-order valence-electron chi connectivity index (χ0n) is 10.7. The predicted octanol–water partition coefficient (Wildman–Crippen LogP) is 1.60. The largest absolute Gasteiger partial charge is 0.378 e. The normalized spacial score (nSPS) is 22.0. The van der Waals surface area contributed by atoms with Gasteiger partial charge in [0.2, 0.25) is 5.91 Å². The third-order valence-corrected chi connectivity index (χ3v) is 3.89. The van der Waals surface area contributed by atoms with Crippen LogP contribution in [0.4, 0.5) is 5.82 Å². The van der Waals surface area contributed by atoms with Crippen LogP contribution in [0.2, 0.25) is 0 Å². The zero-order chi connectivity index (χ0) is 14.1. The van der Waals surface area contributed by atoms with E-state index < -0.39 is 5.50 Å². The van der Waals surface area contributed by atoms with E-state index in [2.05, 4.69) is 10.3 Å². The van der Waals surface area contributed by atoms with Crippen LogP contribution in [0.3, 0.4) is 0 Å². The number of halogens is 2. The van der Waals surface area contributed by atoms with Crippen LogP contribution in [0.15, 0.2) is 17.3 Å². The molecule has 0 radical (unpaired) electrons. The van der Waals surface area contributed by atoms with Gasteiger partial charge in [-0.25, -0.2) is 4.99 Å². The lowest BCUT2D eigenvalue weighted by Gasteiger charge is -2.27. The molecule has 1 unspecified atom stereocenters. The molecule has 3 rings (SSSR count). The maximum Gasteiger partial charge on any atom is 0.242 e. The van der Waals surface area contributed by atoms with Crippen molar-refractivity contribution in [2.24, 2.45) is 4.99 Å². The highest BCUT2D eigenvalue weighted by Crippen LogP contribution is 2.34. The minimum Gasteiger partial charge on any atom is -0.378 e. The van der Waals surface area contributed by atoms with Crippen molar-refractivity contribution >= 4 is 40.2 Å². The van der Waals surface area contributed by atoms with Crippen molar-refractivity contribution < 1.29 is 9.53 Å². The van der Waals surface area contributed by atoms with Gasteiger partial charge in [-0.15, -0.1) is 0 Å². The van der Waals surface area contributed by atoms with E-state index in [9.17, 15) is 4.79 Å². The first-order valence-corrected chi connectivity index (χ1v) is 7.15. The molecule has 2 aliphatic rings. The lowest BCUT2D eigenvalue weighted by molar-refractivity contribution is -0.135. The van der Waals surface area contributed by atoms with Crippen LogP contribution >= 0.6 is 23.2 Å². The highest BCUT2D eigenvalue weighted by molar-refractivity contribution is 6.67. The molecule has 1 saturated heterocycles. The van der Waals surface area contributed by atoms with E-state index in [4.69, 9.17) is 27.9 Å². The molecule has 108 valence electrons. The third-order valence-electron chi connectivity index (χ3n) is 3.37. The Kier molecular flexibility index (Phi) is 3.87. The van der Waals surface area contributed by atoms with Gasteiger partial charge in [0.05, 0.1) is 13.2 Å². The van der Waals surface area contributed by atoms with E-state index in [1.807, 2.05) is 12.3 Å². The number of anilines is 1. The van der Waals surface area contributed by atoms with E-state index in [0.29, 0.717) is 26.3 Å². The standard InChI is InChI=1S/C12H14Cl2N4O2/c13-10-8-1-2-18(11(8)16-12(14)15-10)7-9(19)17-3-5-20-6-4-17/h1-2,10H,3-7H2,(H,15,16). The van der Waals surface area contributed by atoms with Gasteiger partial charge in [0, 0.05) is 24.8 Å². The Morgan fingerprint density at radius 1 is 1.50 bits per heavy atom. The van der Waals surface area contributed by atoms with Gasteiger partial charge in [-0.2, -0.15) is 0 Å². The Morgan fingerprint density at radius 3 is 3.00 bits per heavy atom. The van der Waals surface area contributed by atoms with E-state index in [0.717, 1.165) is 11.4 Å². The van der Waals surface area contributed by atoms with Crippen molar-refractivity contribution in [3.63, 3.8) is 0 Å². The van der Waals surface area contributed by atoms with Gasteiger partial charge in [0.15, 0.2) is 10.8 Å². The van der Waals surface area contributed by atoms with Crippen molar-refractivity contribution in [1.29, 1.82) is 0 Å². The fourth-order valence-electron chi connectivity index (χ4n) is 2.32. The summed E-state index contributed by atoms with van der Waals surface area (Å²) in [4.78, 5) is 18.1. The molecule has 6 nitrogen and oxygen atoms in total. The smallest absolute Gasteiger partial charge is 0.242 e. The minimum atomic E-state index is -0.515. The second-order valence-corrected chi connectivity index (χ2v) is 5.39. The van der Waals surface area contributed by atoms with Gasteiger partial charge >= 0.3 is 0 Å². The van der Waals surface area contributed by atoms with Crippen LogP contribution in [-0.4, -0.2) is 47.0 Å². The quantitative estimate of drug-likeness (QED) is 0.666. The van der Waals surface area contributed by atoms with E-state index >= 15 is 0 Å². The summed E-state index contributed by atoms with van der Waals surface area (Å²) in [6.45, 7) is 2.70. The number of carbonyl (C=O) groups is 1. The highest BCUT2D eigenvalue weighted by atomic mass is 35.5. The summed E-state index contributed by atoms with van der Waals surface area (Å²) < 4.78 is 7.05. The Bertz CT molecular complexity index is 552. The zero-order valence-corrected chi connectivity index (χ0v) is 12.2. The SMILES string of the molecule is O=C(Cn1ccc2c1NC(Cl)=NC2Cl)N1CCOCC1. The molecule has 20 heavy (non-hydrogen) atoms. The van der Waals surface area contributed by atoms with Gasteiger partial charge in [0.1, 0.15) is 12.4 Å². The third kappa shape index (κ3) is 2.63. The predicted molar refractivity (Wildman–Crippen MR) is 77.3 cm³/mol. The maximum atomic E-state index is 12.2. The molecule has 1 amide bonds. The number of carbonyl (C=O) groups excluding carboxylic acids is 1. The Morgan fingerprint density at radius 2 is 2.25 bits per heavy atom. The fourth-order valence-corrected chi connectivity index (χ4v) is 2.83. The average Bonchev–Trinajstić information content (AvgIpc) is 2.83. The molecular weight excluding hydrogens is 303 g/mol. The number of alkyl halides is 1. The van der Waals surface area contributed by atoms with Crippen molar-refractivity contribution in [1.82, 2.24) is 9.47 Å². The van der Waals surface area contributed by atoms with Gasteiger partial charge in [-0.3, -0.25) is 4.79 Å². The second kappa shape index (κ2) is 5.63. The average molecular weight is 317 g/mol. The Balaban J connectivity index is 1.74. The molecule has 0 bridgehead atoms. The van der Waals surface area contributed by atoms with Crippen molar-refractivity contribution in [2.45, 2.75) is 12.0 Å². The van der Waals surface area contributed by atoms with Crippen LogP contribution in [0.5, 0.6) is 0 Å². The lowest BCUT2D eigenvalue weighted by Crippen LogP contribution is -2.42. The Hall–Kier alpha value is -1.24. The molecule has 1 N–H and O–H groups in total. The van der Waals surface area contributed by atoms with E-state index in [1.165, 1.54) is 0 Å². The molecule has 8 heteroatoms. The number of nitrogens with one attached hydrogen (secondary N) is 1. The Labute approximate surface area is 126 Å². The molecule has 0 saturated carbocycles. The molecule has 1 aromatic heterocycles. The monoisotopic (exact) mass is 316 g/mol. The molecule has 0 aliphatic carbocycles. The van der Waals surface area contributed by atoms with Crippen molar-refractivity contribution in [2.75, 3.05) is 31.6 Å². The van der Waals surface area contributed by atoms with Crippen LogP contribution in [0.25, 0.3) is 0 Å². The van der Waals surface area contributed by atoms with Gasteiger partial charge in [-0.1, -0.05) is 11.6 Å². The number of ether oxygens (including phenoxy) is 1. The maximum absolute atomic E-state index is 12.2. The van der Waals surface area contributed by atoms with Crippen molar-refractivity contribution in [3.05, 3.63) is 17.8 Å². The summed E-state index contributed by atoms with van der Waals surface area (Å²) in [5, 5.41) is 3.18. The molecule has 0 spiro atoms. The van der Waals surface area contributed by atoms with E-state index in [-0.39, 0.29) is 17.7 Å². The molecule has 0 aromatic carbocycles. The summed E-state index contributed by atoms with van der Waals surface area (Å²) >= 11 is 12.0. The number of morpholine rings is 1.